The Morgan fingerprint density at radius 2 is 1.73 bits per heavy atom. The molecule has 2 heterocycles. The predicted molar refractivity (Wildman–Crippen MR) is 123 cm³/mol. The molecule has 1 atom stereocenters. The van der Waals surface area contributed by atoms with E-state index in [0.717, 1.165) is 27.8 Å². The van der Waals surface area contributed by atoms with Crippen molar-refractivity contribution in [3.05, 3.63) is 78.0 Å². The summed E-state index contributed by atoms with van der Waals surface area (Å²) < 4.78 is 0. The molecule has 0 aliphatic heterocycles. The van der Waals surface area contributed by atoms with Crippen molar-refractivity contribution in [1.82, 2.24) is 20.3 Å². The van der Waals surface area contributed by atoms with Gasteiger partial charge in [0.1, 0.15) is 11.6 Å². The molecule has 0 aliphatic carbocycles. The third-order valence-corrected chi connectivity index (χ3v) is 5.55. The smallest absolute Gasteiger partial charge is 0.163 e. The van der Waals surface area contributed by atoms with Gasteiger partial charge in [-0.1, -0.05) is 42.5 Å². The number of nitrogen functional groups attached to an aromatic ring is 1. The SMILES string of the molecule is CNC(C)(CNc1nc(-c2cnc(N)cc2C)nc2ccccc12)c1ccccc1. The molecule has 0 amide bonds. The Hall–Kier alpha value is -3.51. The summed E-state index contributed by atoms with van der Waals surface area (Å²) in [6, 6.07) is 20.3. The van der Waals surface area contributed by atoms with Gasteiger partial charge in [-0.2, -0.15) is 0 Å². The van der Waals surface area contributed by atoms with Crippen LogP contribution >= 0.6 is 0 Å². The Morgan fingerprint density at radius 1 is 1.00 bits per heavy atom. The highest BCUT2D eigenvalue weighted by Crippen LogP contribution is 2.28. The van der Waals surface area contributed by atoms with Crippen LogP contribution in [0.4, 0.5) is 11.6 Å². The van der Waals surface area contributed by atoms with Crippen LogP contribution in [-0.2, 0) is 5.54 Å². The van der Waals surface area contributed by atoms with Crippen LogP contribution in [0.5, 0.6) is 0 Å². The fourth-order valence-corrected chi connectivity index (χ4v) is 3.54. The van der Waals surface area contributed by atoms with E-state index in [1.807, 2.05) is 50.4 Å². The number of nitrogens with one attached hydrogen (secondary N) is 2. The molecule has 0 radical (unpaired) electrons. The second-order valence-corrected chi connectivity index (χ2v) is 7.64. The van der Waals surface area contributed by atoms with Crippen LogP contribution in [0.25, 0.3) is 22.3 Å². The van der Waals surface area contributed by atoms with Gasteiger partial charge < -0.3 is 16.4 Å². The van der Waals surface area contributed by atoms with Crippen molar-refractivity contribution in [2.24, 2.45) is 0 Å². The van der Waals surface area contributed by atoms with Gasteiger partial charge in [-0.15, -0.1) is 0 Å². The number of nitrogens with zero attached hydrogens (tertiary/aromatic N) is 3. The second-order valence-electron chi connectivity index (χ2n) is 7.64. The van der Waals surface area contributed by atoms with E-state index in [-0.39, 0.29) is 5.54 Å². The van der Waals surface area contributed by atoms with Crippen molar-refractivity contribution in [2.75, 3.05) is 24.6 Å². The van der Waals surface area contributed by atoms with E-state index in [9.17, 15) is 0 Å². The molecule has 30 heavy (non-hydrogen) atoms. The summed E-state index contributed by atoms with van der Waals surface area (Å²) in [6.07, 6.45) is 1.74. The lowest BCUT2D eigenvalue weighted by Gasteiger charge is -2.30. The zero-order chi connectivity index (χ0) is 21.1. The number of pyridine rings is 1. The Labute approximate surface area is 176 Å². The monoisotopic (exact) mass is 398 g/mol. The third-order valence-electron chi connectivity index (χ3n) is 5.55. The maximum absolute atomic E-state index is 5.82. The first-order valence-electron chi connectivity index (χ1n) is 9.98. The van der Waals surface area contributed by atoms with Crippen LogP contribution in [-0.4, -0.2) is 28.5 Å². The highest BCUT2D eigenvalue weighted by molar-refractivity contribution is 5.90. The molecular weight excluding hydrogens is 372 g/mol. The van der Waals surface area contributed by atoms with Gasteiger partial charge in [-0.25, -0.2) is 15.0 Å². The molecule has 2 aromatic carbocycles. The van der Waals surface area contributed by atoms with Gasteiger partial charge in [-0.05, 0) is 50.2 Å². The molecule has 4 rings (SSSR count). The number of anilines is 2. The molecule has 0 saturated carbocycles. The molecule has 0 fully saturated rings. The minimum absolute atomic E-state index is 0.258. The second kappa shape index (κ2) is 8.08. The molecule has 152 valence electrons. The highest BCUT2D eigenvalue weighted by atomic mass is 15.1. The Kier molecular flexibility index (Phi) is 5.33. The van der Waals surface area contributed by atoms with Crippen molar-refractivity contribution >= 4 is 22.5 Å². The lowest BCUT2D eigenvalue weighted by Crippen LogP contribution is -2.43. The third kappa shape index (κ3) is 3.82. The normalized spacial score (nSPS) is 13.2. The summed E-state index contributed by atoms with van der Waals surface area (Å²) >= 11 is 0. The number of aromatic nitrogens is 3. The number of hydrogen-bond acceptors (Lipinski definition) is 6. The van der Waals surface area contributed by atoms with Gasteiger partial charge in [0.2, 0.25) is 0 Å². The highest BCUT2D eigenvalue weighted by Gasteiger charge is 2.24. The summed E-state index contributed by atoms with van der Waals surface area (Å²) in [5.74, 6) is 1.92. The maximum Gasteiger partial charge on any atom is 0.163 e. The van der Waals surface area contributed by atoms with E-state index in [4.69, 9.17) is 15.7 Å². The zero-order valence-corrected chi connectivity index (χ0v) is 17.5. The molecule has 0 saturated heterocycles. The number of hydrogen-bond donors (Lipinski definition) is 3. The Morgan fingerprint density at radius 3 is 2.47 bits per heavy atom. The average molecular weight is 399 g/mol. The first-order valence-corrected chi connectivity index (χ1v) is 9.98. The molecule has 6 heteroatoms. The van der Waals surface area contributed by atoms with Gasteiger partial charge in [0.05, 0.1) is 11.1 Å². The molecule has 1 unspecified atom stereocenters. The van der Waals surface area contributed by atoms with E-state index in [1.165, 1.54) is 5.56 Å². The summed E-state index contributed by atoms with van der Waals surface area (Å²) in [7, 11) is 1.97. The van der Waals surface area contributed by atoms with Crippen LogP contribution in [0.3, 0.4) is 0 Å². The van der Waals surface area contributed by atoms with Crippen LogP contribution in [0.1, 0.15) is 18.1 Å². The fourth-order valence-electron chi connectivity index (χ4n) is 3.54. The number of fused-ring (bicyclic) bond motifs is 1. The molecule has 2 aromatic heterocycles. The largest absolute Gasteiger partial charge is 0.384 e. The number of para-hydroxylation sites is 1. The Bertz CT molecular complexity index is 1170. The van der Waals surface area contributed by atoms with E-state index in [2.05, 4.69) is 46.8 Å². The number of rotatable bonds is 6. The first kappa shape index (κ1) is 19.8. The number of aryl methyl sites for hydroxylation is 1. The van der Waals surface area contributed by atoms with Crippen LogP contribution in [0, 0.1) is 6.92 Å². The molecule has 4 aromatic rings. The van der Waals surface area contributed by atoms with E-state index in [0.29, 0.717) is 18.2 Å². The number of likely N-dealkylation sites (N-methyl/N-ethyl adjacent to an activating group) is 1. The lowest BCUT2D eigenvalue weighted by atomic mass is 9.92. The molecule has 0 bridgehead atoms. The van der Waals surface area contributed by atoms with Crippen molar-refractivity contribution in [3.63, 3.8) is 0 Å². The standard InChI is InChI=1S/C24H26N6/c1-16-13-21(25)27-14-19(16)23-29-20-12-8-7-11-18(20)22(30-23)28-15-24(2,26-3)17-9-5-4-6-10-17/h4-14,26H,15H2,1-3H3,(H2,25,27)(H,28,29,30). The van der Waals surface area contributed by atoms with Gasteiger partial charge in [0.15, 0.2) is 5.82 Å². The molecule has 0 spiro atoms. The van der Waals surface area contributed by atoms with Crippen LogP contribution in [0.2, 0.25) is 0 Å². The summed E-state index contributed by atoms with van der Waals surface area (Å²) in [5.41, 5.74) is 9.52. The minimum atomic E-state index is -0.258. The molecule has 6 nitrogen and oxygen atoms in total. The molecule has 4 N–H and O–H groups in total. The summed E-state index contributed by atoms with van der Waals surface area (Å²) in [4.78, 5) is 13.9. The topological polar surface area (TPSA) is 88.8 Å². The van der Waals surface area contributed by atoms with Crippen LogP contribution < -0.4 is 16.4 Å². The lowest BCUT2D eigenvalue weighted by molar-refractivity contribution is 0.423. The van der Waals surface area contributed by atoms with E-state index in [1.54, 1.807) is 6.20 Å². The fraction of sp³-hybridized carbons (Fsp3) is 0.208. The predicted octanol–water partition coefficient (Wildman–Crippen LogP) is 4.13. The van der Waals surface area contributed by atoms with E-state index >= 15 is 0 Å². The van der Waals surface area contributed by atoms with Crippen molar-refractivity contribution in [3.8, 4) is 11.4 Å². The minimum Gasteiger partial charge on any atom is -0.384 e. The van der Waals surface area contributed by atoms with E-state index < -0.39 is 0 Å². The summed E-state index contributed by atoms with van der Waals surface area (Å²) in [6.45, 7) is 4.83. The van der Waals surface area contributed by atoms with Crippen LogP contribution in [0.15, 0.2) is 66.9 Å². The van der Waals surface area contributed by atoms with Crippen molar-refractivity contribution < 1.29 is 0 Å². The average Bonchev–Trinajstić information content (AvgIpc) is 2.77. The maximum atomic E-state index is 5.82. The van der Waals surface area contributed by atoms with Gasteiger partial charge >= 0.3 is 0 Å². The van der Waals surface area contributed by atoms with Crippen molar-refractivity contribution in [2.45, 2.75) is 19.4 Å². The van der Waals surface area contributed by atoms with Gasteiger partial charge in [-0.3, -0.25) is 0 Å². The summed E-state index contributed by atoms with van der Waals surface area (Å²) in [5, 5.41) is 7.99. The molecule has 0 aliphatic rings. The van der Waals surface area contributed by atoms with Crippen molar-refractivity contribution in [1.29, 1.82) is 0 Å². The number of nitrogens with two attached hydrogens (primary N) is 1. The first-order chi connectivity index (χ1) is 14.5. The number of benzene rings is 2. The van der Waals surface area contributed by atoms with Gasteiger partial charge in [0, 0.05) is 23.7 Å². The van der Waals surface area contributed by atoms with Gasteiger partial charge in [0.25, 0.3) is 0 Å². The molecular formula is C24H26N6. The quantitative estimate of drug-likeness (QED) is 0.453. The Balaban J connectivity index is 1.74. The zero-order valence-electron chi connectivity index (χ0n) is 17.5.